The number of aliphatic hydroxyl groups is 1. The van der Waals surface area contributed by atoms with Gasteiger partial charge in [0.1, 0.15) is 0 Å². The summed E-state index contributed by atoms with van der Waals surface area (Å²) in [6.07, 6.45) is 14.8. The maximum absolute atomic E-state index is 12.6. The molecule has 1 aromatic carbocycles. The summed E-state index contributed by atoms with van der Waals surface area (Å²) < 4.78 is 14.7. The zero-order valence-electron chi connectivity index (χ0n) is 24.4. The van der Waals surface area contributed by atoms with E-state index in [4.69, 9.17) is 14.2 Å². The van der Waals surface area contributed by atoms with Gasteiger partial charge >= 0.3 is 17.9 Å². The second kappa shape index (κ2) is 22.2. The SMILES string of the molecule is CCCCCCCCCCCCCCCCNc1ccc(C(=O)OC(C(=O)OCC)C(O)C(=O)OCC)cc1. The van der Waals surface area contributed by atoms with Crippen molar-refractivity contribution in [2.45, 2.75) is 123 Å². The molecule has 0 spiro atoms. The van der Waals surface area contributed by atoms with Gasteiger partial charge < -0.3 is 24.6 Å². The van der Waals surface area contributed by atoms with Crippen molar-refractivity contribution >= 4 is 23.6 Å². The van der Waals surface area contributed by atoms with E-state index in [1.807, 2.05) is 0 Å². The van der Waals surface area contributed by atoms with Crippen LogP contribution in [0.4, 0.5) is 5.69 Å². The van der Waals surface area contributed by atoms with E-state index in [-0.39, 0.29) is 18.8 Å². The summed E-state index contributed by atoms with van der Waals surface area (Å²) in [5, 5.41) is 13.5. The van der Waals surface area contributed by atoms with Crippen molar-refractivity contribution < 1.29 is 33.7 Å². The van der Waals surface area contributed by atoms with E-state index in [2.05, 4.69) is 12.2 Å². The summed E-state index contributed by atoms with van der Waals surface area (Å²) in [6, 6.07) is 6.63. The third-order valence-electron chi connectivity index (χ3n) is 6.55. The normalized spacial score (nSPS) is 12.4. The van der Waals surface area contributed by atoms with Crippen LogP contribution < -0.4 is 5.32 Å². The Morgan fingerprint density at radius 2 is 1.15 bits per heavy atom. The van der Waals surface area contributed by atoms with Crippen molar-refractivity contribution in [2.24, 2.45) is 0 Å². The highest BCUT2D eigenvalue weighted by atomic mass is 16.6. The van der Waals surface area contributed by atoms with E-state index >= 15 is 0 Å². The van der Waals surface area contributed by atoms with Gasteiger partial charge in [-0.15, -0.1) is 0 Å². The lowest BCUT2D eigenvalue weighted by atomic mass is 10.0. The summed E-state index contributed by atoms with van der Waals surface area (Å²) in [5.74, 6) is -2.93. The molecule has 8 nitrogen and oxygen atoms in total. The van der Waals surface area contributed by atoms with Crippen LogP contribution in [0.25, 0.3) is 0 Å². The second-order valence-electron chi connectivity index (χ2n) is 9.88. The van der Waals surface area contributed by atoms with Crippen LogP contribution in [0, 0.1) is 0 Å². The Hall–Kier alpha value is -2.61. The van der Waals surface area contributed by atoms with Gasteiger partial charge in [-0.3, -0.25) is 0 Å². The van der Waals surface area contributed by atoms with Crippen LogP contribution in [0.15, 0.2) is 24.3 Å². The van der Waals surface area contributed by atoms with Crippen molar-refractivity contribution in [3.8, 4) is 0 Å². The van der Waals surface area contributed by atoms with Gasteiger partial charge in [-0.05, 0) is 44.5 Å². The van der Waals surface area contributed by atoms with Crippen molar-refractivity contribution in [1.82, 2.24) is 0 Å². The molecule has 0 aromatic heterocycles. The maximum atomic E-state index is 12.6. The fourth-order valence-corrected chi connectivity index (χ4v) is 4.28. The zero-order valence-corrected chi connectivity index (χ0v) is 24.4. The molecule has 0 bridgehead atoms. The van der Waals surface area contributed by atoms with Gasteiger partial charge in [0, 0.05) is 12.2 Å². The first-order chi connectivity index (χ1) is 18.9. The Morgan fingerprint density at radius 1 is 0.692 bits per heavy atom. The van der Waals surface area contributed by atoms with Crippen LogP contribution in [0.5, 0.6) is 0 Å². The smallest absolute Gasteiger partial charge is 0.350 e. The van der Waals surface area contributed by atoms with E-state index < -0.39 is 30.1 Å². The molecule has 2 N–H and O–H groups in total. The molecule has 0 heterocycles. The van der Waals surface area contributed by atoms with Crippen molar-refractivity contribution in [3.05, 3.63) is 29.8 Å². The van der Waals surface area contributed by atoms with E-state index in [9.17, 15) is 19.5 Å². The number of unbranched alkanes of at least 4 members (excludes halogenated alkanes) is 13. The van der Waals surface area contributed by atoms with Gasteiger partial charge in [0.2, 0.25) is 6.10 Å². The quantitative estimate of drug-likeness (QED) is 0.0893. The number of hydrogen-bond acceptors (Lipinski definition) is 8. The van der Waals surface area contributed by atoms with Crippen molar-refractivity contribution in [2.75, 3.05) is 25.1 Å². The predicted molar refractivity (Wildman–Crippen MR) is 154 cm³/mol. The topological polar surface area (TPSA) is 111 Å². The molecule has 0 saturated heterocycles. The third kappa shape index (κ3) is 15.5. The Labute approximate surface area is 235 Å². The van der Waals surface area contributed by atoms with Gasteiger partial charge in [-0.2, -0.15) is 0 Å². The molecule has 0 radical (unpaired) electrons. The zero-order chi connectivity index (χ0) is 28.7. The predicted octanol–water partition coefficient (Wildman–Crippen LogP) is 6.59. The fourth-order valence-electron chi connectivity index (χ4n) is 4.28. The molecule has 1 rings (SSSR count). The maximum Gasteiger partial charge on any atom is 0.350 e. The van der Waals surface area contributed by atoms with Gasteiger partial charge in [0.05, 0.1) is 18.8 Å². The number of anilines is 1. The Balaban J connectivity index is 2.26. The number of hydrogen-bond donors (Lipinski definition) is 2. The summed E-state index contributed by atoms with van der Waals surface area (Å²) in [6.45, 7) is 6.24. The summed E-state index contributed by atoms with van der Waals surface area (Å²) >= 11 is 0. The molecule has 0 saturated carbocycles. The van der Waals surface area contributed by atoms with Crippen molar-refractivity contribution in [3.63, 3.8) is 0 Å². The molecule has 222 valence electrons. The number of carbonyl (C=O) groups is 3. The number of ether oxygens (including phenoxy) is 3. The summed E-state index contributed by atoms with van der Waals surface area (Å²) in [7, 11) is 0. The molecule has 1 aromatic rings. The van der Waals surface area contributed by atoms with Crippen LogP contribution in [0.2, 0.25) is 0 Å². The highest BCUT2D eigenvalue weighted by Crippen LogP contribution is 2.15. The number of rotatable bonds is 23. The summed E-state index contributed by atoms with van der Waals surface area (Å²) in [5.41, 5.74) is 1.05. The van der Waals surface area contributed by atoms with Crippen LogP contribution in [0.1, 0.15) is 121 Å². The Morgan fingerprint density at radius 3 is 1.64 bits per heavy atom. The number of nitrogens with one attached hydrogen (secondary N) is 1. The molecule has 0 aliphatic heterocycles. The molecule has 2 atom stereocenters. The Kier molecular flexibility index (Phi) is 19.6. The minimum Gasteiger partial charge on any atom is -0.464 e. The minimum absolute atomic E-state index is 0.00209. The summed E-state index contributed by atoms with van der Waals surface area (Å²) in [4.78, 5) is 36.6. The van der Waals surface area contributed by atoms with Gasteiger partial charge in [0.25, 0.3) is 0 Å². The van der Waals surface area contributed by atoms with E-state index in [1.165, 1.54) is 83.5 Å². The van der Waals surface area contributed by atoms with Crippen LogP contribution in [-0.4, -0.2) is 55.0 Å². The fraction of sp³-hybridized carbons (Fsp3) is 0.710. The number of esters is 3. The van der Waals surface area contributed by atoms with E-state index in [0.717, 1.165) is 18.7 Å². The molecule has 8 heteroatoms. The number of benzene rings is 1. The molecular weight excluding hydrogens is 498 g/mol. The van der Waals surface area contributed by atoms with Crippen LogP contribution >= 0.6 is 0 Å². The lowest BCUT2D eigenvalue weighted by Crippen LogP contribution is -2.44. The average Bonchev–Trinajstić information content (AvgIpc) is 2.93. The minimum atomic E-state index is -1.97. The van der Waals surface area contributed by atoms with E-state index in [1.54, 1.807) is 38.1 Å². The van der Waals surface area contributed by atoms with Gasteiger partial charge in [0.15, 0.2) is 6.10 Å². The molecule has 2 unspecified atom stereocenters. The molecular formula is C31H51NO7. The monoisotopic (exact) mass is 549 g/mol. The Bertz CT molecular complexity index is 797. The van der Waals surface area contributed by atoms with Crippen molar-refractivity contribution in [1.29, 1.82) is 0 Å². The first-order valence-electron chi connectivity index (χ1n) is 15.0. The standard InChI is InChI=1S/C31H51NO7/c1-4-7-8-9-10-11-12-13-14-15-16-17-18-19-24-32-26-22-20-25(21-23-26)29(34)39-28(31(36)38-6-3)27(33)30(35)37-5-2/h20-23,27-28,32-33H,4-19,24H2,1-3H3. The molecule has 0 aliphatic carbocycles. The van der Waals surface area contributed by atoms with Crippen LogP contribution in [0.3, 0.4) is 0 Å². The van der Waals surface area contributed by atoms with Gasteiger partial charge in [-0.1, -0.05) is 90.4 Å². The highest BCUT2D eigenvalue weighted by molar-refractivity contribution is 5.93. The molecule has 39 heavy (non-hydrogen) atoms. The number of carbonyl (C=O) groups excluding carboxylic acids is 3. The molecule has 0 amide bonds. The second-order valence-corrected chi connectivity index (χ2v) is 9.88. The lowest BCUT2D eigenvalue weighted by molar-refractivity contribution is -0.172. The van der Waals surface area contributed by atoms with E-state index in [0.29, 0.717) is 0 Å². The largest absolute Gasteiger partial charge is 0.464 e. The third-order valence-corrected chi connectivity index (χ3v) is 6.55. The number of aliphatic hydroxyl groups excluding tert-OH is 1. The lowest BCUT2D eigenvalue weighted by Gasteiger charge is -2.20. The van der Waals surface area contributed by atoms with Gasteiger partial charge in [-0.25, -0.2) is 14.4 Å². The first-order valence-corrected chi connectivity index (χ1v) is 15.0. The highest BCUT2D eigenvalue weighted by Gasteiger charge is 2.38. The molecule has 0 aliphatic rings. The average molecular weight is 550 g/mol. The molecule has 0 fully saturated rings. The van der Waals surface area contributed by atoms with Crippen LogP contribution in [-0.2, 0) is 23.8 Å². The first kappa shape index (κ1) is 34.4.